The Bertz CT molecular complexity index is 1530. The largest absolute Gasteiger partial charge is 0.365 e. The van der Waals surface area contributed by atoms with Gasteiger partial charge in [-0.15, -0.1) is 11.3 Å². The molecule has 4 heterocycles. The molecule has 0 aliphatic heterocycles. The zero-order valence-electron chi connectivity index (χ0n) is 19.7. The fourth-order valence-electron chi connectivity index (χ4n) is 3.85. The number of hydrogen-bond acceptors (Lipinski definition) is 6. The molecule has 0 saturated heterocycles. The summed E-state index contributed by atoms with van der Waals surface area (Å²) >= 11 is 0.653. The van der Waals surface area contributed by atoms with E-state index in [2.05, 4.69) is 20.5 Å². The predicted molar refractivity (Wildman–Crippen MR) is 125 cm³/mol. The van der Waals surface area contributed by atoms with Gasteiger partial charge in [-0.05, 0) is 31.5 Å². The molecule has 0 bridgehead atoms. The first kappa shape index (κ1) is 27.1. The fraction of sp³-hybridized carbons (Fsp3) is 0.318. The maximum atomic E-state index is 13.7. The zero-order chi connectivity index (χ0) is 27.9. The maximum absolute atomic E-state index is 13.7. The molecule has 0 unspecified atom stereocenters. The maximum Gasteiger partial charge on any atom is 0.282 e. The summed E-state index contributed by atoms with van der Waals surface area (Å²) in [6.45, 7) is 3.01. The lowest BCUT2D eigenvalue weighted by molar-refractivity contribution is -0.117. The fourth-order valence-corrected chi connectivity index (χ4v) is 4.87. The first-order valence-corrected chi connectivity index (χ1v) is 11.8. The smallest absolute Gasteiger partial charge is 0.282 e. The van der Waals surface area contributed by atoms with Crippen LogP contribution in [0, 0.1) is 6.92 Å². The van der Waals surface area contributed by atoms with Gasteiger partial charge in [0.15, 0.2) is 0 Å². The van der Waals surface area contributed by atoms with Crippen LogP contribution in [0.4, 0.5) is 32.0 Å². The lowest BCUT2D eigenvalue weighted by Gasteiger charge is -2.11. The molecule has 202 valence electrons. The number of carbonyl (C=O) groups is 2. The number of aryl methyl sites for hydroxylation is 2. The molecule has 0 fully saturated rings. The number of hydrogen-bond donors (Lipinski definition) is 2. The van der Waals surface area contributed by atoms with E-state index in [4.69, 9.17) is 5.73 Å². The number of pyridine rings is 1. The van der Waals surface area contributed by atoms with Crippen LogP contribution in [0.1, 0.15) is 58.6 Å². The van der Waals surface area contributed by atoms with Crippen molar-refractivity contribution in [1.82, 2.24) is 24.5 Å². The van der Waals surface area contributed by atoms with Crippen molar-refractivity contribution in [3.05, 3.63) is 46.0 Å². The van der Waals surface area contributed by atoms with E-state index < -0.39 is 54.7 Å². The van der Waals surface area contributed by atoms with Crippen LogP contribution >= 0.6 is 11.3 Å². The number of nitrogens with two attached hydrogens (primary N) is 1. The van der Waals surface area contributed by atoms with Gasteiger partial charge in [0, 0.05) is 23.7 Å². The molecule has 16 heteroatoms. The Morgan fingerprint density at radius 3 is 2.26 bits per heavy atom. The first-order chi connectivity index (χ1) is 17.9. The standard InChI is InChI=1S/C22H19F6N7O2S/c1-3-34-6-10(8(2)32-34)9-4-11(18(23)24)30-22-15(9)16(17(38-22)21(29)37)31-14(36)7-35-13(20(27)28)5-12(33-35)19(25)26/h4-6,18-20H,3,7H2,1-2H3,(H2,29,37)(H,31,36). The molecule has 4 aromatic heterocycles. The van der Waals surface area contributed by atoms with Gasteiger partial charge in [-0.2, -0.15) is 10.2 Å². The Morgan fingerprint density at radius 1 is 1.03 bits per heavy atom. The van der Waals surface area contributed by atoms with E-state index in [1.165, 1.54) is 0 Å². The number of nitrogens with zero attached hydrogens (tertiary/aromatic N) is 5. The molecule has 9 nitrogen and oxygen atoms in total. The number of alkyl halides is 6. The van der Waals surface area contributed by atoms with Crippen LogP contribution in [0.3, 0.4) is 0 Å². The lowest BCUT2D eigenvalue weighted by Crippen LogP contribution is -2.22. The predicted octanol–water partition coefficient (Wildman–Crippen LogP) is 5.24. The lowest BCUT2D eigenvalue weighted by atomic mass is 10.0. The number of primary amides is 1. The van der Waals surface area contributed by atoms with Gasteiger partial charge >= 0.3 is 0 Å². The van der Waals surface area contributed by atoms with Crippen LogP contribution in [0.5, 0.6) is 0 Å². The normalized spacial score (nSPS) is 11.9. The van der Waals surface area contributed by atoms with Crippen LogP contribution in [-0.4, -0.2) is 36.4 Å². The van der Waals surface area contributed by atoms with Gasteiger partial charge < -0.3 is 11.1 Å². The molecule has 0 aliphatic rings. The Hall–Kier alpha value is -3.95. The molecule has 0 aliphatic carbocycles. The van der Waals surface area contributed by atoms with Crippen molar-refractivity contribution in [1.29, 1.82) is 0 Å². The summed E-state index contributed by atoms with van der Waals surface area (Å²) in [6, 6.07) is 1.58. The van der Waals surface area contributed by atoms with Crippen molar-refractivity contribution in [2.45, 2.75) is 46.2 Å². The molecule has 3 N–H and O–H groups in total. The molecule has 4 aromatic rings. The van der Waals surface area contributed by atoms with E-state index in [9.17, 15) is 35.9 Å². The molecule has 0 atom stereocenters. The highest BCUT2D eigenvalue weighted by molar-refractivity contribution is 7.21. The van der Waals surface area contributed by atoms with Crippen LogP contribution in [0.25, 0.3) is 21.3 Å². The summed E-state index contributed by atoms with van der Waals surface area (Å²) < 4.78 is 82.0. The number of fused-ring (bicyclic) bond motifs is 1. The highest BCUT2D eigenvalue weighted by Gasteiger charge is 2.27. The summed E-state index contributed by atoms with van der Waals surface area (Å²) in [6.07, 6.45) is -7.72. The second-order valence-electron chi connectivity index (χ2n) is 8.03. The SMILES string of the molecule is CCn1cc(-c2cc(C(F)F)nc3sc(C(N)=O)c(NC(=O)Cn4nc(C(F)F)cc4C(F)F)c23)c(C)n1. The minimum absolute atomic E-state index is 0.0436. The van der Waals surface area contributed by atoms with Gasteiger partial charge in [0.1, 0.15) is 33.3 Å². The van der Waals surface area contributed by atoms with E-state index in [1.54, 1.807) is 17.8 Å². The quantitative estimate of drug-likeness (QED) is 0.272. The van der Waals surface area contributed by atoms with Gasteiger partial charge in [-0.3, -0.25) is 19.0 Å². The minimum atomic E-state index is -3.20. The summed E-state index contributed by atoms with van der Waals surface area (Å²) in [5, 5.41) is 10.2. The number of nitrogens with one attached hydrogen (secondary N) is 1. The van der Waals surface area contributed by atoms with Crippen molar-refractivity contribution in [2.24, 2.45) is 5.73 Å². The van der Waals surface area contributed by atoms with Gasteiger partial charge in [-0.1, -0.05) is 0 Å². The monoisotopic (exact) mass is 559 g/mol. The molecular weight excluding hydrogens is 540 g/mol. The average Bonchev–Trinajstić information content (AvgIpc) is 3.53. The van der Waals surface area contributed by atoms with Gasteiger partial charge in [0.05, 0.1) is 11.4 Å². The van der Waals surface area contributed by atoms with Crippen LogP contribution in [0.15, 0.2) is 18.3 Å². The number of rotatable bonds is 9. The highest BCUT2D eigenvalue weighted by atomic mass is 32.1. The van der Waals surface area contributed by atoms with Gasteiger partial charge in [0.25, 0.3) is 25.2 Å². The number of halogens is 6. The molecule has 0 aromatic carbocycles. The van der Waals surface area contributed by atoms with E-state index in [0.29, 0.717) is 39.9 Å². The Labute approximate surface area is 214 Å². The molecular formula is C22H19F6N7O2S. The van der Waals surface area contributed by atoms with Gasteiger partial charge in [0.2, 0.25) is 5.91 Å². The summed E-state index contributed by atoms with van der Waals surface area (Å²) in [7, 11) is 0. The third-order valence-electron chi connectivity index (χ3n) is 5.52. The number of carbonyl (C=O) groups excluding carboxylic acids is 2. The van der Waals surface area contributed by atoms with Crippen molar-refractivity contribution in [3.63, 3.8) is 0 Å². The zero-order valence-corrected chi connectivity index (χ0v) is 20.5. The van der Waals surface area contributed by atoms with Crippen LogP contribution < -0.4 is 11.1 Å². The van der Waals surface area contributed by atoms with Crippen molar-refractivity contribution >= 4 is 39.1 Å². The van der Waals surface area contributed by atoms with E-state index >= 15 is 0 Å². The van der Waals surface area contributed by atoms with Gasteiger partial charge in [-0.25, -0.2) is 31.3 Å². The van der Waals surface area contributed by atoms with E-state index in [0.717, 1.165) is 6.07 Å². The Balaban J connectivity index is 1.85. The summed E-state index contributed by atoms with van der Waals surface area (Å²) in [5.74, 6) is -2.02. The second-order valence-corrected chi connectivity index (χ2v) is 9.03. The van der Waals surface area contributed by atoms with Crippen LogP contribution in [0.2, 0.25) is 0 Å². The minimum Gasteiger partial charge on any atom is -0.365 e. The van der Waals surface area contributed by atoms with Crippen molar-refractivity contribution < 1.29 is 35.9 Å². The van der Waals surface area contributed by atoms with Crippen LogP contribution in [-0.2, 0) is 17.9 Å². The summed E-state index contributed by atoms with van der Waals surface area (Å²) in [4.78, 5) is 28.7. The molecule has 2 amide bonds. The Morgan fingerprint density at radius 2 is 1.71 bits per heavy atom. The molecule has 0 radical (unpaired) electrons. The average molecular weight is 559 g/mol. The number of amides is 2. The number of anilines is 1. The van der Waals surface area contributed by atoms with Crippen molar-refractivity contribution in [2.75, 3.05) is 5.32 Å². The molecule has 0 saturated carbocycles. The second kappa shape index (κ2) is 10.4. The first-order valence-electron chi connectivity index (χ1n) is 10.9. The molecule has 38 heavy (non-hydrogen) atoms. The molecule has 0 spiro atoms. The topological polar surface area (TPSA) is 121 Å². The highest BCUT2D eigenvalue weighted by Crippen LogP contribution is 2.43. The number of thiophene rings is 1. The third kappa shape index (κ3) is 5.07. The number of aromatic nitrogens is 5. The van der Waals surface area contributed by atoms with E-state index in [1.807, 2.05) is 6.92 Å². The Kier molecular flexibility index (Phi) is 7.44. The third-order valence-corrected chi connectivity index (χ3v) is 6.62. The van der Waals surface area contributed by atoms with E-state index in [-0.39, 0.29) is 26.3 Å². The summed E-state index contributed by atoms with van der Waals surface area (Å²) in [5.41, 5.74) is 3.89. The molecule has 4 rings (SSSR count). The van der Waals surface area contributed by atoms with Crippen molar-refractivity contribution in [3.8, 4) is 11.1 Å².